The Morgan fingerprint density at radius 1 is 1.29 bits per heavy atom. The molecule has 17 heavy (non-hydrogen) atoms. The van der Waals surface area contributed by atoms with Gasteiger partial charge in [0, 0.05) is 17.7 Å². The number of hydrogen-bond donors (Lipinski definition) is 2. The molecule has 0 aliphatic heterocycles. The average molecular weight is 232 g/mol. The third kappa shape index (κ3) is 2.37. The van der Waals surface area contributed by atoms with Gasteiger partial charge in [-0.1, -0.05) is 0 Å². The van der Waals surface area contributed by atoms with Crippen LogP contribution in [0.3, 0.4) is 0 Å². The van der Waals surface area contributed by atoms with E-state index in [-0.39, 0.29) is 0 Å². The number of rotatable bonds is 3. The molecule has 0 bridgehead atoms. The highest BCUT2D eigenvalue weighted by molar-refractivity contribution is 6.60. The van der Waals surface area contributed by atoms with Crippen molar-refractivity contribution in [3.63, 3.8) is 0 Å². The zero-order valence-electron chi connectivity index (χ0n) is 9.71. The van der Waals surface area contributed by atoms with Gasteiger partial charge in [-0.25, -0.2) is 4.98 Å². The standard InChI is InChI=1S/C11H13BN2O3/c1-3-17-11-5-10-9(4-8(11)12(15)16)13-6-7(2)14-10/h4-6,15-16H,3H2,1-2H3. The van der Waals surface area contributed by atoms with Crippen molar-refractivity contribution in [2.75, 3.05) is 6.61 Å². The van der Waals surface area contributed by atoms with Crippen molar-refractivity contribution in [1.29, 1.82) is 0 Å². The van der Waals surface area contributed by atoms with Gasteiger partial charge in [-0.2, -0.15) is 0 Å². The van der Waals surface area contributed by atoms with E-state index in [0.29, 0.717) is 28.9 Å². The van der Waals surface area contributed by atoms with Gasteiger partial charge in [0.05, 0.1) is 23.3 Å². The lowest BCUT2D eigenvalue weighted by Crippen LogP contribution is -2.31. The first-order valence-corrected chi connectivity index (χ1v) is 5.38. The van der Waals surface area contributed by atoms with E-state index >= 15 is 0 Å². The second-order valence-corrected chi connectivity index (χ2v) is 3.70. The number of aromatic nitrogens is 2. The van der Waals surface area contributed by atoms with Crippen molar-refractivity contribution in [3.8, 4) is 5.75 Å². The summed E-state index contributed by atoms with van der Waals surface area (Å²) < 4.78 is 5.36. The van der Waals surface area contributed by atoms with Crippen LogP contribution in [0.15, 0.2) is 18.3 Å². The molecule has 1 aromatic heterocycles. The van der Waals surface area contributed by atoms with Crippen molar-refractivity contribution in [1.82, 2.24) is 9.97 Å². The fraction of sp³-hybridized carbons (Fsp3) is 0.273. The lowest BCUT2D eigenvalue weighted by atomic mass is 9.79. The fourth-order valence-electron chi connectivity index (χ4n) is 1.63. The van der Waals surface area contributed by atoms with Crippen LogP contribution in [0.2, 0.25) is 0 Å². The molecule has 0 unspecified atom stereocenters. The largest absolute Gasteiger partial charge is 0.494 e. The zero-order valence-corrected chi connectivity index (χ0v) is 9.71. The van der Waals surface area contributed by atoms with Crippen molar-refractivity contribution in [2.24, 2.45) is 0 Å². The van der Waals surface area contributed by atoms with Crippen molar-refractivity contribution >= 4 is 23.6 Å². The topological polar surface area (TPSA) is 75.5 Å². The molecule has 0 aliphatic rings. The minimum absolute atomic E-state index is 0.303. The van der Waals surface area contributed by atoms with Gasteiger partial charge in [0.15, 0.2) is 0 Å². The summed E-state index contributed by atoms with van der Waals surface area (Å²) in [5.74, 6) is 0.426. The first-order chi connectivity index (χ1) is 8.11. The maximum Gasteiger partial charge on any atom is 0.492 e. The van der Waals surface area contributed by atoms with Gasteiger partial charge >= 0.3 is 7.12 Å². The number of ether oxygens (including phenoxy) is 1. The average Bonchev–Trinajstić information content (AvgIpc) is 2.28. The monoisotopic (exact) mass is 232 g/mol. The lowest BCUT2D eigenvalue weighted by molar-refractivity contribution is 0.340. The highest BCUT2D eigenvalue weighted by atomic mass is 16.5. The minimum atomic E-state index is -1.58. The highest BCUT2D eigenvalue weighted by Gasteiger charge is 2.18. The SMILES string of the molecule is CCOc1cc2nc(C)cnc2cc1B(O)O. The number of aryl methyl sites for hydroxylation is 1. The third-order valence-corrected chi connectivity index (χ3v) is 2.37. The smallest absolute Gasteiger partial charge is 0.492 e. The number of hydrogen-bond acceptors (Lipinski definition) is 5. The zero-order chi connectivity index (χ0) is 12.4. The fourth-order valence-corrected chi connectivity index (χ4v) is 1.63. The van der Waals surface area contributed by atoms with Gasteiger partial charge in [0.1, 0.15) is 5.75 Å². The van der Waals surface area contributed by atoms with E-state index in [1.165, 1.54) is 0 Å². The summed E-state index contributed by atoms with van der Waals surface area (Å²) in [5.41, 5.74) is 2.40. The van der Waals surface area contributed by atoms with Crippen LogP contribution >= 0.6 is 0 Å². The summed E-state index contributed by atoms with van der Waals surface area (Å²) in [4.78, 5) is 8.50. The van der Waals surface area contributed by atoms with Crippen LogP contribution in [-0.2, 0) is 0 Å². The Kier molecular flexibility index (Phi) is 3.26. The van der Waals surface area contributed by atoms with E-state index < -0.39 is 7.12 Å². The molecule has 5 nitrogen and oxygen atoms in total. The van der Waals surface area contributed by atoms with Crippen LogP contribution in [0, 0.1) is 6.92 Å². The van der Waals surface area contributed by atoms with E-state index in [9.17, 15) is 10.0 Å². The molecule has 0 fully saturated rings. The molecule has 0 saturated carbocycles. The minimum Gasteiger partial charge on any atom is -0.494 e. The van der Waals surface area contributed by atoms with Crippen LogP contribution in [0.5, 0.6) is 5.75 Å². The van der Waals surface area contributed by atoms with Gasteiger partial charge in [-0.3, -0.25) is 4.98 Å². The summed E-state index contributed by atoms with van der Waals surface area (Å²) in [6.45, 7) is 4.13. The first-order valence-electron chi connectivity index (χ1n) is 5.38. The van der Waals surface area contributed by atoms with Gasteiger partial charge < -0.3 is 14.8 Å². The lowest BCUT2D eigenvalue weighted by Gasteiger charge is -2.10. The van der Waals surface area contributed by atoms with Crippen LogP contribution in [0.4, 0.5) is 0 Å². The molecule has 0 radical (unpaired) electrons. The van der Waals surface area contributed by atoms with E-state index in [0.717, 1.165) is 5.69 Å². The Hall–Kier alpha value is -1.66. The second kappa shape index (κ2) is 4.69. The van der Waals surface area contributed by atoms with Crippen molar-refractivity contribution in [2.45, 2.75) is 13.8 Å². The predicted molar refractivity (Wildman–Crippen MR) is 65.3 cm³/mol. The third-order valence-electron chi connectivity index (χ3n) is 2.37. The molecule has 1 heterocycles. The summed E-state index contributed by atoms with van der Waals surface area (Å²) in [6.07, 6.45) is 1.64. The molecule has 0 spiro atoms. The highest BCUT2D eigenvalue weighted by Crippen LogP contribution is 2.16. The van der Waals surface area contributed by atoms with Crippen LogP contribution in [0.25, 0.3) is 11.0 Å². The van der Waals surface area contributed by atoms with E-state index in [1.807, 2.05) is 13.8 Å². The molecular weight excluding hydrogens is 219 g/mol. The second-order valence-electron chi connectivity index (χ2n) is 3.70. The molecule has 0 aliphatic carbocycles. The Bertz CT molecular complexity index is 545. The van der Waals surface area contributed by atoms with Crippen LogP contribution in [0.1, 0.15) is 12.6 Å². The van der Waals surface area contributed by atoms with Crippen LogP contribution in [-0.4, -0.2) is 33.7 Å². The molecule has 1 aromatic carbocycles. The number of fused-ring (bicyclic) bond motifs is 1. The molecule has 88 valence electrons. The summed E-state index contributed by atoms with van der Waals surface area (Å²) in [6, 6.07) is 3.26. The summed E-state index contributed by atoms with van der Waals surface area (Å²) in [7, 11) is -1.58. The predicted octanol–water partition coefficient (Wildman–Crippen LogP) is 0.0167. The number of nitrogens with zero attached hydrogens (tertiary/aromatic N) is 2. The van der Waals surface area contributed by atoms with Crippen molar-refractivity contribution < 1.29 is 14.8 Å². The Balaban J connectivity index is 2.63. The number of benzene rings is 1. The summed E-state index contributed by atoms with van der Waals surface area (Å²) in [5, 5.41) is 18.5. The quantitative estimate of drug-likeness (QED) is 0.729. The van der Waals surface area contributed by atoms with Gasteiger partial charge in [0.2, 0.25) is 0 Å². The molecule has 0 saturated heterocycles. The molecule has 0 atom stereocenters. The van der Waals surface area contributed by atoms with Crippen LogP contribution < -0.4 is 10.2 Å². The molecule has 6 heteroatoms. The Labute approximate surface area is 99.2 Å². The van der Waals surface area contributed by atoms with Gasteiger partial charge in [-0.05, 0) is 19.9 Å². The van der Waals surface area contributed by atoms with Crippen molar-refractivity contribution in [3.05, 3.63) is 24.0 Å². The maximum absolute atomic E-state index is 9.27. The maximum atomic E-state index is 9.27. The molecule has 2 aromatic rings. The van der Waals surface area contributed by atoms with E-state index in [4.69, 9.17) is 4.74 Å². The molecule has 2 rings (SSSR count). The van der Waals surface area contributed by atoms with E-state index in [2.05, 4.69) is 9.97 Å². The Morgan fingerprint density at radius 3 is 2.71 bits per heavy atom. The normalized spacial score (nSPS) is 10.6. The molecule has 0 amide bonds. The summed E-state index contributed by atoms with van der Waals surface area (Å²) >= 11 is 0. The van der Waals surface area contributed by atoms with Gasteiger partial charge in [-0.15, -0.1) is 0 Å². The van der Waals surface area contributed by atoms with E-state index in [1.54, 1.807) is 18.3 Å². The molecular formula is C11H13BN2O3. The first kappa shape index (κ1) is 11.8. The van der Waals surface area contributed by atoms with Gasteiger partial charge in [0.25, 0.3) is 0 Å². The Morgan fingerprint density at radius 2 is 2.06 bits per heavy atom. The molecule has 2 N–H and O–H groups in total.